The fraction of sp³-hybridized carbons (Fsp3) is 0.349. The van der Waals surface area contributed by atoms with Crippen LogP contribution >= 0.6 is 22.7 Å². The summed E-state index contributed by atoms with van der Waals surface area (Å²) in [6.45, 7) is 9.01. The van der Waals surface area contributed by atoms with E-state index >= 15 is 0 Å². The Balaban J connectivity index is 0.000000169. The van der Waals surface area contributed by atoms with Crippen molar-refractivity contribution in [3.8, 4) is 33.6 Å². The molecular weight excluding hydrogens is 773 g/mol. The lowest BCUT2D eigenvalue weighted by molar-refractivity contribution is -0.132. The second-order valence-electron chi connectivity index (χ2n) is 13.7. The van der Waals surface area contributed by atoms with Gasteiger partial charge in [0.05, 0.1) is 59.5 Å². The molecule has 0 bridgehead atoms. The first-order valence-electron chi connectivity index (χ1n) is 19.5. The number of aromatic nitrogens is 4. The van der Waals surface area contributed by atoms with E-state index in [0.717, 1.165) is 74.4 Å². The van der Waals surface area contributed by atoms with Crippen molar-refractivity contribution in [3.63, 3.8) is 0 Å². The van der Waals surface area contributed by atoms with Gasteiger partial charge >= 0.3 is 6.09 Å². The summed E-state index contributed by atoms with van der Waals surface area (Å²) in [4.78, 5) is 63.7. The predicted octanol–water partition coefficient (Wildman–Crippen LogP) is 8.28. The summed E-state index contributed by atoms with van der Waals surface area (Å²) in [5.74, 6) is -0.195. The van der Waals surface area contributed by atoms with Crippen LogP contribution in [0.25, 0.3) is 43.0 Å². The van der Waals surface area contributed by atoms with Crippen LogP contribution < -0.4 is 10.6 Å². The number of imidazole rings is 2. The smallest absolute Gasteiger partial charge is 0.407 e. The standard InChI is InChI=1S/C18H12N4S2.C14H18N2O3.C8H14N2O2.C3H8/c1-3-12(15-5-19-9-21-15)4-2-11(1)13-7-23-18-14(8-24-17(13)18)16-6-20-10-22-16;1-19-14(18)15-12(11-7-3-2-4-8-11)13(17)16-9-5-6-10-16;1-7(11)9-6-8(12)10-4-2-3-5-10;1-3-2/h1-10H,(H,19,21)(H,20,22);2-4,7-8,12H,5-6,9-10H2,1H3,(H,15,18);2-6H2,1H3,(H,9,11);3H2,1-2H3. The highest BCUT2D eigenvalue weighted by Crippen LogP contribution is 2.43. The van der Waals surface area contributed by atoms with Gasteiger partial charge in [0.15, 0.2) is 0 Å². The SMILES string of the molecule is CC(=O)NCC(=O)N1CCCC1.CCC.COC(=O)NC(C(=O)N1CCCC1)c1ccccc1.c1ncc(-c2ccc(-c3csc4c(-c5cnc[nH]5)csc34)cc2)[nH]1. The number of nitrogens with zero attached hydrogens (tertiary/aromatic N) is 4. The van der Waals surface area contributed by atoms with Gasteiger partial charge in [0.25, 0.3) is 0 Å². The maximum atomic E-state index is 12.5. The summed E-state index contributed by atoms with van der Waals surface area (Å²) in [5.41, 5.74) is 7.79. The summed E-state index contributed by atoms with van der Waals surface area (Å²) < 4.78 is 7.24. The lowest BCUT2D eigenvalue weighted by atomic mass is 10.1. The van der Waals surface area contributed by atoms with E-state index in [1.54, 1.807) is 45.1 Å². The van der Waals surface area contributed by atoms with Gasteiger partial charge in [-0.15, -0.1) is 22.7 Å². The molecule has 58 heavy (non-hydrogen) atoms. The van der Waals surface area contributed by atoms with E-state index in [1.165, 1.54) is 46.5 Å². The highest BCUT2D eigenvalue weighted by molar-refractivity contribution is 7.27. The molecule has 4 aromatic heterocycles. The van der Waals surface area contributed by atoms with Crippen LogP contribution in [0.5, 0.6) is 0 Å². The molecule has 0 spiro atoms. The molecule has 2 aliphatic heterocycles. The Kier molecular flexibility index (Phi) is 16.6. The van der Waals surface area contributed by atoms with Crippen LogP contribution in [0.3, 0.4) is 0 Å². The van der Waals surface area contributed by atoms with Crippen LogP contribution in [0.4, 0.5) is 4.79 Å². The summed E-state index contributed by atoms with van der Waals surface area (Å²) in [6.07, 6.45) is 12.0. The number of amides is 4. The van der Waals surface area contributed by atoms with Gasteiger partial charge in [-0.1, -0.05) is 74.9 Å². The molecule has 6 aromatic rings. The monoisotopic (exact) mass is 824 g/mol. The molecule has 1 atom stereocenters. The Labute approximate surface area is 347 Å². The Bertz CT molecular complexity index is 2150. The Morgan fingerprint density at radius 1 is 0.759 bits per heavy atom. The number of hydrogen-bond donors (Lipinski definition) is 4. The second-order valence-corrected chi connectivity index (χ2v) is 15.4. The molecule has 2 saturated heterocycles. The first-order valence-corrected chi connectivity index (χ1v) is 21.3. The third kappa shape index (κ3) is 11.9. The number of fused-ring (bicyclic) bond motifs is 1. The number of benzene rings is 2. The average Bonchev–Trinajstić information content (AvgIpc) is 4.10. The number of carbonyl (C=O) groups excluding carboxylic acids is 4. The maximum Gasteiger partial charge on any atom is 0.407 e. The van der Waals surface area contributed by atoms with E-state index in [9.17, 15) is 19.2 Å². The zero-order valence-corrected chi connectivity index (χ0v) is 35.1. The molecule has 1 unspecified atom stereocenters. The first-order chi connectivity index (χ1) is 28.2. The van der Waals surface area contributed by atoms with Gasteiger partial charge in [-0.25, -0.2) is 14.8 Å². The van der Waals surface area contributed by atoms with Gasteiger partial charge < -0.3 is 35.1 Å². The van der Waals surface area contributed by atoms with Crippen molar-refractivity contribution in [2.75, 3.05) is 39.8 Å². The van der Waals surface area contributed by atoms with Crippen LogP contribution in [-0.4, -0.2) is 93.4 Å². The van der Waals surface area contributed by atoms with Gasteiger partial charge in [0, 0.05) is 55.0 Å². The molecular formula is C43H52N8O5S2. The lowest BCUT2D eigenvalue weighted by Crippen LogP contribution is -2.41. The quantitative estimate of drug-likeness (QED) is 0.120. The number of rotatable bonds is 8. The van der Waals surface area contributed by atoms with Crippen LogP contribution in [0.2, 0.25) is 0 Å². The van der Waals surface area contributed by atoms with Crippen molar-refractivity contribution < 1.29 is 23.9 Å². The Morgan fingerprint density at radius 2 is 1.29 bits per heavy atom. The molecule has 0 radical (unpaired) electrons. The zero-order valence-electron chi connectivity index (χ0n) is 33.5. The van der Waals surface area contributed by atoms with Crippen molar-refractivity contribution >= 4 is 55.9 Å². The maximum absolute atomic E-state index is 12.5. The molecule has 2 aliphatic rings. The number of aromatic amines is 2. The van der Waals surface area contributed by atoms with E-state index in [0.29, 0.717) is 0 Å². The van der Waals surface area contributed by atoms with Gasteiger partial charge in [0.1, 0.15) is 6.04 Å². The largest absolute Gasteiger partial charge is 0.453 e. The molecule has 13 nitrogen and oxygen atoms in total. The number of methoxy groups -OCH3 is 1. The fourth-order valence-corrected chi connectivity index (χ4v) is 8.80. The van der Waals surface area contributed by atoms with E-state index in [1.807, 2.05) is 42.7 Å². The highest BCUT2D eigenvalue weighted by atomic mass is 32.1. The minimum Gasteiger partial charge on any atom is -0.453 e. The van der Waals surface area contributed by atoms with Crippen molar-refractivity contribution in [2.24, 2.45) is 0 Å². The molecule has 306 valence electrons. The van der Waals surface area contributed by atoms with E-state index < -0.39 is 12.1 Å². The van der Waals surface area contributed by atoms with Crippen molar-refractivity contribution in [2.45, 2.75) is 58.9 Å². The van der Waals surface area contributed by atoms with Crippen molar-refractivity contribution in [1.82, 2.24) is 40.4 Å². The number of hydrogen-bond acceptors (Lipinski definition) is 9. The lowest BCUT2D eigenvalue weighted by Gasteiger charge is -2.23. The third-order valence-corrected chi connectivity index (χ3v) is 11.4. The van der Waals surface area contributed by atoms with Gasteiger partial charge in [-0.3, -0.25) is 14.4 Å². The van der Waals surface area contributed by atoms with Crippen LogP contribution in [-0.2, 0) is 19.1 Å². The number of likely N-dealkylation sites (tertiary alicyclic amines) is 2. The number of H-pyrrole nitrogens is 2. The van der Waals surface area contributed by atoms with Crippen molar-refractivity contribution in [3.05, 3.63) is 96.0 Å². The van der Waals surface area contributed by atoms with Gasteiger partial charge in [0.2, 0.25) is 17.7 Å². The highest BCUT2D eigenvalue weighted by Gasteiger charge is 2.29. The number of thiophene rings is 2. The van der Waals surface area contributed by atoms with E-state index in [4.69, 9.17) is 0 Å². The minimum atomic E-state index is -0.674. The molecule has 8 rings (SSSR count). The fourth-order valence-electron chi connectivity index (χ4n) is 6.36. The summed E-state index contributed by atoms with van der Waals surface area (Å²) in [5, 5.41) is 9.55. The molecule has 4 amide bonds. The normalized spacial score (nSPS) is 13.6. The molecule has 15 heteroatoms. The third-order valence-electron chi connectivity index (χ3n) is 9.27. The molecule has 6 heterocycles. The summed E-state index contributed by atoms with van der Waals surface area (Å²) >= 11 is 3.58. The van der Waals surface area contributed by atoms with Crippen LogP contribution in [0, 0.1) is 0 Å². The van der Waals surface area contributed by atoms with Gasteiger partial charge in [-0.2, -0.15) is 0 Å². The van der Waals surface area contributed by atoms with Crippen molar-refractivity contribution in [1.29, 1.82) is 0 Å². The molecule has 2 fully saturated rings. The second kappa shape index (κ2) is 22.2. The van der Waals surface area contributed by atoms with Crippen LogP contribution in [0.1, 0.15) is 64.5 Å². The Morgan fingerprint density at radius 3 is 1.84 bits per heavy atom. The van der Waals surface area contributed by atoms with Crippen LogP contribution in [0.15, 0.2) is 90.4 Å². The van der Waals surface area contributed by atoms with E-state index in [2.05, 4.69) is 84.2 Å². The average molecular weight is 825 g/mol. The minimum absolute atomic E-state index is 0.0303. The first kappa shape index (κ1) is 43.3. The topological polar surface area (TPSA) is 165 Å². The molecule has 4 N–H and O–H groups in total. The molecule has 0 aliphatic carbocycles. The number of ether oxygens (including phenoxy) is 1. The number of carbonyl (C=O) groups is 4. The van der Waals surface area contributed by atoms with Gasteiger partial charge in [-0.05, 0) is 42.4 Å². The molecule has 2 aromatic carbocycles. The Hall–Kier alpha value is -5.80. The summed E-state index contributed by atoms with van der Waals surface area (Å²) in [7, 11) is 1.29. The number of alkyl carbamates (subject to hydrolysis) is 1. The van der Waals surface area contributed by atoms with E-state index in [-0.39, 0.29) is 24.3 Å². The predicted molar refractivity (Wildman–Crippen MR) is 231 cm³/mol. The summed E-state index contributed by atoms with van der Waals surface area (Å²) in [6, 6.07) is 17.2. The number of nitrogens with one attached hydrogen (secondary N) is 4. The zero-order chi connectivity index (χ0) is 41.3. The molecule has 0 saturated carbocycles.